The molecular formula is C12H21NO2S. The van der Waals surface area contributed by atoms with Crippen molar-refractivity contribution in [3.05, 3.63) is 16.3 Å². The summed E-state index contributed by atoms with van der Waals surface area (Å²) in [5.74, 6) is 0.890. The van der Waals surface area contributed by atoms with Crippen LogP contribution in [-0.2, 0) is 4.74 Å². The van der Waals surface area contributed by atoms with Crippen LogP contribution in [0.15, 0.2) is 11.4 Å². The molecule has 0 bridgehead atoms. The smallest absolute Gasteiger partial charge is 0.129 e. The lowest BCUT2D eigenvalue weighted by Gasteiger charge is -2.24. The number of methoxy groups -OCH3 is 2. The summed E-state index contributed by atoms with van der Waals surface area (Å²) in [5.41, 5.74) is 6.03. The molecule has 0 aliphatic heterocycles. The first-order chi connectivity index (χ1) is 7.48. The normalized spacial score (nSPS) is 13.8. The molecule has 3 nitrogen and oxygen atoms in total. The molecule has 0 spiro atoms. The SMILES string of the molecule is COc1csc(C(N)CCC(C)(C)OC)c1. The first-order valence-electron chi connectivity index (χ1n) is 5.41. The van der Waals surface area contributed by atoms with Crippen LogP contribution in [0.5, 0.6) is 5.75 Å². The third kappa shape index (κ3) is 3.77. The van der Waals surface area contributed by atoms with E-state index >= 15 is 0 Å². The predicted molar refractivity (Wildman–Crippen MR) is 68.1 cm³/mol. The molecule has 1 unspecified atom stereocenters. The van der Waals surface area contributed by atoms with E-state index < -0.39 is 0 Å². The molecule has 0 amide bonds. The van der Waals surface area contributed by atoms with Gasteiger partial charge in [-0.25, -0.2) is 0 Å². The molecule has 0 aliphatic rings. The highest BCUT2D eigenvalue weighted by atomic mass is 32.1. The van der Waals surface area contributed by atoms with Gasteiger partial charge in [0.2, 0.25) is 0 Å². The highest BCUT2D eigenvalue weighted by molar-refractivity contribution is 7.10. The monoisotopic (exact) mass is 243 g/mol. The highest BCUT2D eigenvalue weighted by Crippen LogP contribution is 2.29. The quantitative estimate of drug-likeness (QED) is 0.835. The zero-order chi connectivity index (χ0) is 12.2. The number of nitrogens with two attached hydrogens (primary N) is 1. The molecule has 2 N–H and O–H groups in total. The average Bonchev–Trinajstić information content (AvgIpc) is 2.74. The van der Waals surface area contributed by atoms with Crippen LogP contribution >= 0.6 is 11.3 Å². The molecule has 1 aromatic rings. The lowest BCUT2D eigenvalue weighted by molar-refractivity contribution is 0.0125. The van der Waals surface area contributed by atoms with Crippen LogP contribution in [0.1, 0.15) is 37.6 Å². The van der Waals surface area contributed by atoms with Gasteiger partial charge in [-0.2, -0.15) is 0 Å². The van der Waals surface area contributed by atoms with Gasteiger partial charge >= 0.3 is 0 Å². The van der Waals surface area contributed by atoms with Crippen molar-refractivity contribution < 1.29 is 9.47 Å². The van der Waals surface area contributed by atoms with E-state index in [-0.39, 0.29) is 11.6 Å². The summed E-state index contributed by atoms with van der Waals surface area (Å²) in [5, 5.41) is 1.98. The Balaban J connectivity index is 2.49. The summed E-state index contributed by atoms with van der Waals surface area (Å²) in [6, 6.07) is 2.08. The van der Waals surface area contributed by atoms with Crippen molar-refractivity contribution in [2.24, 2.45) is 5.73 Å². The van der Waals surface area contributed by atoms with Crippen LogP contribution in [0.25, 0.3) is 0 Å². The zero-order valence-corrected chi connectivity index (χ0v) is 11.3. The second kappa shape index (κ2) is 5.66. The van der Waals surface area contributed by atoms with E-state index in [2.05, 4.69) is 13.8 Å². The summed E-state index contributed by atoms with van der Waals surface area (Å²) >= 11 is 1.65. The summed E-state index contributed by atoms with van der Waals surface area (Å²) in [6.07, 6.45) is 1.87. The molecule has 1 aromatic heterocycles. The minimum Gasteiger partial charge on any atom is -0.496 e. The van der Waals surface area contributed by atoms with Gasteiger partial charge in [-0.15, -0.1) is 11.3 Å². The third-order valence-corrected chi connectivity index (χ3v) is 3.85. The van der Waals surface area contributed by atoms with E-state index in [1.807, 2.05) is 11.4 Å². The maximum atomic E-state index is 6.12. The van der Waals surface area contributed by atoms with E-state index in [4.69, 9.17) is 15.2 Å². The lowest BCUT2D eigenvalue weighted by Crippen LogP contribution is -2.24. The van der Waals surface area contributed by atoms with Crippen molar-refractivity contribution >= 4 is 11.3 Å². The summed E-state index contributed by atoms with van der Waals surface area (Å²) in [6.45, 7) is 4.16. The molecule has 1 rings (SSSR count). The Labute approximate surface area is 102 Å². The van der Waals surface area contributed by atoms with Crippen LogP contribution in [0.4, 0.5) is 0 Å². The van der Waals surface area contributed by atoms with Crippen molar-refractivity contribution in [3.8, 4) is 5.75 Å². The van der Waals surface area contributed by atoms with Gasteiger partial charge in [0, 0.05) is 23.4 Å². The molecule has 0 saturated carbocycles. The van der Waals surface area contributed by atoms with Crippen molar-refractivity contribution in [2.75, 3.05) is 14.2 Å². The van der Waals surface area contributed by atoms with E-state index in [1.165, 1.54) is 4.88 Å². The number of hydrogen-bond acceptors (Lipinski definition) is 4. The highest BCUT2D eigenvalue weighted by Gasteiger charge is 2.19. The molecule has 0 radical (unpaired) electrons. The van der Waals surface area contributed by atoms with Crippen molar-refractivity contribution in [1.82, 2.24) is 0 Å². The summed E-state index contributed by atoms with van der Waals surface area (Å²) in [7, 11) is 3.41. The Hall–Kier alpha value is -0.580. The van der Waals surface area contributed by atoms with Crippen LogP contribution in [0.2, 0.25) is 0 Å². The van der Waals surface area contributed by atoms with Crippen LogP contribution in [0, 0.1) is 0 Å². The van der Waals surface area contributed by atoms with E-state index in [0.717, 1.165) is 18.6 Å². The minimum absolute atomic E-state index is 0.0725. The van der Waals surface area contributed by atoms with Gasteiger partial charge in [-0.1, -0.05) is 0 Å². The third-order valence-electron chi connectivity index (χ3n) is 2.81. The first-order valence-corrected chi connectivity index (χ1v) is 6.29. The topological polar surface area (TPSA) is 44.5 Å². The lowest BCUT2D eigenvalue weighted by atomic mass is 9.98. The van der Waals surface area contributed by atoms with Crippen molar-refractivity contribution in [2.45, 2.75) is 38.3 Å². The Bertz CT molecular complexity index is 323. The molecule has 0 fully saturated rings. The Morgan fingerprint density at radius 1 is 1.44 bits per heavy atom. The number of hydrogen-bond donors (Lipinski definition) is 1. The second-order valence-electron chi connectivity index (χ2n) is 4.50. The molecule has 1 atom stereocenters. The number of rotatable bonds is 6. The van der Waals surface area contributed by atoms with Gasteiger partial charge < -0.3 is 15.2 Å². The molecule has 0 aromatic carbocycles. The molecule has 0 aliphatic carbocycles. The van der Waals surface area contributed by atoms with E-state index in [9.17, 15) is 0 Å². The van der Waals surface area contributed by atoms with Crippen molar-refractivity contribution in [1.29, 1.82) is 0 Å². The summed E-state index contributed by atoms with van der Waals surface area (Å²) in [4.78, 5) is 1.17. The van der Waals surface area contributed by atoms with Gasteiger partial charge in [-0.05, 0) is 32.8 Å². The fourth-order valence-corrected chi connectivity index (χ4v) is 2.28. The van der Waals surface area contributed by atoms with Gasteiger partial charge in [0.15, 0.2) is 0 Å². The Kier molecular flexibility index (Phi) is 4.77. The zero-order valence-electron chi connectivity index (χ0n) is 10.4. The molecule has 4 heteroatoms. The standard InChI is InChI=1S/C12H21NO2S/c1-12(2,15-4)6-5-10(13)11-7-9(14-3)8-16-11/h7-8,10H,5-6,13H2,1-4H3. The molecule has 0 saturated heterocycles. The minimum atomic E-state index is -0.0982. The molecule has 16 heavy (non-hydrogen) atoms. The van der Waals surface area contributed by atoms with Crippen LogP contribution in [0.3, 0.4) is 0 Å². The second-order valence-corrected chi connectivity index (χ2v) is 5.44. The van der Waals surface area contributed by atoms with Crippen LogP contribution in [-0.4, -0.2) is 19.8 Å². The fourth-order valence-electron chi connectivity index (χ4n) is 1.38. The maximum Gasteiger partial charge on any atom is 0.129 e. The van der Waals surface area contributed by atoms with E-state index in [0.29, 0.717) is 0 Å². The Morgan fingerprint density at radius 3 is 2.62 bits per heavy atom. The van der Waals surface area contributed by atoms with Crippen LogP contribution < -0.4 is 10.5 Å². The number of ether oxygens (including phenoxy) is 2. The van der Waals surface area contributed by atoms with Gasteiger partial charge in [0.25, 0.3) is 0 Å². The maximum absolute atomic E-state index is 6.12. The molecular weight excluding hydrogens is 222 g/mol. The average molecular weight is 243 g/mol. The largest absolute Gasteiger partial charge is 0.496 e. The van der Waals surface area contributed by atoms with E-state index in [1.54, 1.807) is 25.6 Å². The van der Waals surface area contributed by atoms with Gasteiger partial charge in [-0.3, -0.25) is 0 Å². The van der Waals surface area contributed by atoms with Gasteiger partial charge in [0.05, 0.1) is 12.7 Å². The summed E-state index contributed by atoms with van der Waals surface area (Å²) < 4.78 is 10.5. The first kappa shape index (κ1) is 13.5. The molecule has 1 heterocycles. The predicted octanol–water partition coefficient (Wildman–Crippen LogP) is 2.96. The van der Waals surface area contributed by atoms with Gasteiger partial charge in [0.1, 0.15) is 5.75 Å². The number of thiophene rings is 1. The Morgan fingerprint density at radius 2 is 2.12 bits per heavy atom. The van der Waals surface area contributed by atoms with Crippen molar-refractivity contribution in [3.63, 3.8) is 0 Å². The fraction of sp³-hybridized carbons (Fsp3) is 0.667. The molecule has 92 valence electrons.